The summed E-state index contributed by atoms with van der Waals surface area (Å²) in [5, 5.41) is 1.95. The molecule has 0 saturated heterocycles. The summed E-state index contributed by atoms with van der Waals surface area (Å²) in [6, 6.07) is 12.8. The van der Waals surface area contributed by atoms with Crippen LogP contribution in [0.1, 0.15) is 21.6 Å². The van der Waals surface area contributed by atoms with Crippen molar-refractivity contribution in [3.8, 4) is 10.6 Å². The van der Waals surface area contributed by atoms with Crippen molar-refractivity contribution in [1.82, 2.24) is 9.88 Å². The predicted molar refractivity (Wildman–Crippen MR) is 109 cm³/mol. The van der Waals surface area contributed by atoms with E-state index in [2.05, 4.69) is 4.98 Å². The van der Waals surface area contributed by atoms with Crippen molar-refractivity contribution in [3.05, 3.63) is 70.7 Å². The number of carbonyl (C=O) groups excluding carboxylic acids is 1. The highest BCUT2D eigenvalue weighted by Crippen LogP contribution is 2.33. The minimum absolute atomic E-state index is 0.217. The number of rotatable bonds is 5. The third kappa shape index (κ3) is 4.95. The molecule has 0 aliphatic carbocycles. The molecule has 0 N–H and O–H groups in total. The van der Waals surface area contributed by atoms with Crippen molar-refractivity contribution in [2.75, 3.05) is 26.0 Å². The molecule has 0 fully saturated rings. The molecule has 3 aromatic rings. The fourth-order valence-electron chi connectivity index (χ4n) is 2.77. The second kappa shape index (κ2) is 8.24. The van der Waals surface area contributed by atoms with Crippen LogP contribution in [0.4, 0.5) is 18.9 Å². The highest BCUT2D eigenvalue weighted by atomic mass is 32.1. The first-order valence-electron chi connectivity index (χ1n) is 8.80. The zero-order valence-electron chi connectivity index (χ0n) is 16.2. The van der Waals surface area contributed by atoms with E-state index in [0.29, 0.717) is 17.1 Å². The fraction of sp³-hybridized carbons (Fsp3) is 0.238. The van der Waals surface area contributed by atoms with Gasteiger partial charge in [0.1, 0.15) is 10.7 Å². The summed E-state index contributed by atoms with van der Waals surface area (Å²) in [7, 11) is 5.58. The van der Waals surface area contributed by atoms with E-state index in [1.807, 2.05) is 43.3 Å². The summed E-state index contributed by atoms with van der Waals surface area (Å²) in [6.07, 6.45) is -4.42. The molecule has 3 rings (SSSR count). The highest BCUT2D eigenvalue weighted by molar-refractivity contribution is 7.13. The van der Waals surface area contributed by atoms with Crippen LogP contribution < -0.4 is 4.90 Å². The molecule has 4 nitrogen and oxygen atoms in total. The summed E-state index contributed by atoms with van der Waals surface area (Å²) < 4.78 is 38.8. The van der Waals surface area contributed by atoms with Crippen LogP contribution in [0, 0.1) is 0 Å². The van der Waals surface area contributed by atoms with Gasteiger partial charge in [0, 0.05) is 44.3 Å². The Hall–Kier alpha value is -2.87. The van der Waals surface area contributed by atoms with Crippen LogP contribution in [0.5, 0.6) is 0 Å². The second-order valence-corrected chi connectivity index (χ2v) is 7.70. The van der Waals surface area contributed by atoms with Crippen molar-refractivity contribution in [2.45, 2.75) is 12.7 Å². The largest absolute Gasteiger partial charge is 0.416 e. The first-order valence-corrected chi connectivity index (χ1v) is 9.68. The average molecular weight is 419 g/mol. The molecule has 1 aromatic heterocycles. The minimum atomic E-state index is -4.42. The first kappa shape index (κ1) is 20.9. The predicted octanol–water partition coefficient (Wildman–Crippen LogP) is 5.17. The maximum atomic E-state index is 12.9. The maximum absolute atomic E-state index is 12.9. The summed E-state index contributed by atoms with van der Waals surface area (Å²) in [5.41, 5.74) is 1.85. The molecule has 0 bridgehead atoms. The number of hydrogen-bond acceptors (Lipinski definition) is 4. The van der Waals surface area contributed by atoms with E-state index in [1.165, 1.54) is 11.0 Å². The van der Waals surface area contributed by atoms with Gasteiger partial charge in [-0.1, -0.05) is 24.3 Å². The van der Waals surface area contributed by atoms with Gasteiger partial charge in [0.25, 0.3) is 5.91 Å². The SMILES string of the molecule is CN(Cc1ccc(N(C)C)cc1)C(=O)c1csc(-c2cccc(C(F)(F)F)c2)n1. The van der Waals surface area contributed by atoms with Crippen molar-refractivity contribution < 1.29 is 18.0 Å². The van der Waals surface area contributed by atoms with Crippen LogP contribution in [0.15, 0.2) is 53.9 Å². The number of halogens is 3. The molecular formula is C21H20F3N3OS. The summed E-state index contributed by atoms with van der Waals surface area (Å²) in [5.74, 6) is -0.281. The number of anilines is 1. The minimum Gasteiger partial charge on any atom is -0.378 e. The molecule has 1 heterocycles. The lowest BCUT2D eigenvalue weighted by molar-refractivity contribution is -0.137. The Morgan fingerprint density at radius 1 is 1.07 bits per heavy atom. The van der Waals surface area contributed by atoms with E-state index < -0.39 is 11.7 Å². The van der Waals surface area contributed by atoms with Gasteiger partial charge in [-0.3, -0.25) is 4.79 Å². The van der Waals surface area contributed by atoms with E-state index in [4.69, 9.17) is 0 Å². The van der Waals surface area contributed by atoms with E-state index in [-0.39, 0.29) is 11.6 Å². The number of benzene rings is 2. The number of hydrogen-bond donors (Lipinski definition) is 0. The Bertz CT molecular complexity index is 997. The molecule has 1 amide bonds. The molecule has 0 saturated carbocycles. The molecule has 0 aliphatic heterocycles. The molecule has 8 heteroatoms. The quantitative estimate of drug-likeness (QED) is 0.573. The average Bonchev–Trinajstić information content (AvgIpc) is 3.17. The molecule has 0 unspecified atom stereocenters. The van der Waals surface area contributed by atoms with Crippen LogP contribution >= 0.6 is 11.3 Å². The van der Waals surface area contributed by atoms with E-state index in [1.54, 1.807) is 18.5 Å². The van der Waals surface area contributed by atoms with Gasteiger partial charge in [0.15, 0.2) is 0 Å². The molecule has 0 radical (unpaired) electrons. The molecule has 2 aromatic carbocycles. The van der Waals surface area contributed by atoms with Gasteiger partial charge in [-0.2, -0.15) is 13.2 Å². The van der Waals surface area contributed by atoms with Gasteiger partial charge < -0.3 is 9.80 Å². The Labute approximate surface area is 171 Å². The van der Waals surface area contributed by atoms with Gasteiger partial charge in [-0.25, -0.2) is 4.98 Å². The summed E-state index contributed by atoms with van der Waals surface area (Å²) in [4.78, 5) is 20.5. The lowest BCUT2D eigenvalue weighted by Gasteiger charge is -2.17. The monoisotopic (exact) mass is 419 g/mol. The molecule has 0 spiro atoms. The van der Waals surface area contributed by atoms with Crippen LogP contribution in [0.3, 0.4) is 0 Å². The maximum Gasteiger partial charge on any atom is 0.416 e. The Morgan fingerprint density at radius 2 is 1.76 bits per heavy atom. The van der Waals surface area contributed by atoms with E-state index >= 15 is 0 Å². The number of nitrogens with zero attached hydrogens (tertiary/aromatic N) is 3. The van der Waals surface area contributed by atoms with Gasteiger partial charge in [-0.05, 0) is 29.8 Å². The third-order valence-electron chi connectivity index (χ3n) is 4.38. The zero-order chi connectivity index (χ0) is 21.2. The second-order valence-electron chi connectivity index (χ2n) is 6.84. The zero-order valence-corrected chi connectivity index (χ0v) is 17.0. The highest BCUT2D eigenvalue weighted by Gasteiger charge is 2.30. The Balaban J connectivity index is 1.73. The van der Waals surface area contributed by atoms with Crippen LogP contribution in [-0.2, 0) is 12.7 Å². The van der Waals surface area contributed by atoms with Gasteiger partial charge in [-0.15, -0.1) is 11.3 Å². The van der Waals surface area contributed by atoms with Crippen molar-refractivity contribution in [2.24, 2.45) is 0 Å². The van der Waals surface area contributed by atoms with Crippen molar-refractivity contribution in [3.63, 3.8) is 0 Å². The van der Waals surface area contributed by atoms with Gasteiger partial charge in [0.05, 0.1) is 5.56 Å². The molecule has 0 aliphatic rings. The number of aromatic nitrogens is 1. The number of carbonyl (C=O) groups is 1. The molecule has 152 valence electrons. The number of thiazole rings is 1. The molecular weight excluding hydrogens is 399 g/mol. The van der Waals surface area contributed by atoms with Crippen LogP contribution in [0.25, 0.3) is 10.6 Å². The topological polar surface area (TPSA) is 36.4 Å². The third-order valence-corrected chi connectivity index (χ3v) is 5.27. The lowest BCUT2D eigenvalue weighted by Crippen LogP contribution is -2.26. The van der Waals surface area contributed by atoms with E-state index in [0.717, 1.165) is 34.7 Å². The van der Waals surface area contributed by atoms with Gasteiger partial charge >= 0.3 is 6.18 Å². The van der Waals surface area contributed by atoms with Crippen molar-refractivity contribution >= 4 is 22.9 Å². The standard InChI is InChI=1S/C21H20F3N3OS/c1-26(2)17-9-7-14(8-10-17)12-27(3)20(28)18-13-29-19(25-18)15-5-4-6-16(11-15)21(22,23)24/h4-11,13H,12H2,1-3H3. The molecule has 0 atom stereocenters. The van der Waals surface area contributed by atoms with Crippen LogP contribution in [0.2, 0.25) is 0 Å². The molecule has 29 heavy (non-hydrogen) atoms. The Morgan fingerprint density at radius 3 is 2.38 bits per heavy atom. The van der Waals surface area contributed by atoms with Crippen LogP contribution in [-0.4, -0.2) is 36.9 Å². The summed E-state index contributed by atoms with van der Waals surface area (Å²) in [6.45, 7) is 0.406. The number of alkyl halides is 3. The smallest absolute Gasteiger partial charge is 0.378 e. The number of amides is 1. The fourth-order valence-corrected chi connectivity index (χ4v) is 3.56. The van der Waals surface area contributed by atoms with Gasteiger partial charge in [0.2, 0.25) is 0 Å². The first-order chi connectivity index (χ1) is 13.6. The van der Waals surface area contributed by atoms with Crippen molar-refractivity contribution in [1.29, 1.82) is 0 Å². The lowest BCUT2D eigenvalue weighted by atomic mass is 10.1. The summed E-state index contributed by atoms with van der Waals surface area (Å²) >= 11 is 1.15. The van der Waals surface area contributed by atoms with E-state index in [9.17, 15) is 18.0 Å². The Kier molecular flexibility index (Phi) is 5.93. The normalized spacial score (nSPS) is 11.4.